The molecule has 0 aromatic heterocycles. The molecule has 2 rings (SSSR count). The Balaban J connectivity index is 2.02. The summed E-state index contributed by atoms with van der Waals surface area (Å²) in [5.41, 5.74) is 7.01. The first kappa shape index (κ1) is 10.1. The summed E-state index contributed by atoms with van der Waals surface area (Å²) >= 11 is 2.05. The summed E-state index contributed by atoms with van der Waals surface area (Å²) in [5.74, 6) is 0. The van der Waals surface area contributed by atoms with Crippen LogP contribution in [-0.2, 0) is 6.42 Å². The largest absolute Gasteiger partial charge is 0.330 e. The summed E-state index contributed by atoms with van der Waals surface area (Å²) in [7, 11) is 0. The molecule has 1 aliphatic carbocycles. The van der Waals surface area contributed by atoms with Crippen molar-refractivity contribution >= 4 is 11.8 Å². The molecule has 0 bridgehead atoms. The minimum absolute atomic E-state index is 0.794. The highest BCUT2D eigenvalue weighted by Crippen LogP contribution is 2.40. The molecule has 0 aliphatic heterocycles. The second-order valence-electron chi connectivity index (χ2n) is 3.82. The van der Waals surface area contributed by atoms with E-state index in [1.54, 1.807) is 0 Å². The van der Waals surface area contributed by atoms with Crippen molar-refractivity contribution in [2.75, 3.05) is 6.54 Å². The number of aryl methyl sites for hydroxylation is 1. The molecule has 0 spiro atoms. The third kappa shape index (κ3) is 2.76. The Labute approximate surface area is 90.1 Å². The lowest BCUT2D eigenvalue weighted by atomic mass is 10.1. The number of nitrogens with two attached hydrogens (primary N) is 1. The summed E-state index contributed by atoms with van der Waals surface area (Å²) in [6, 6.07) is 8.74. The van der Waals surface area contributed by atoms with Gasteiger partial charge in [0.2, 0.25) is 0 Å². The van der Waals surface area contributed by atoms with Crippen LogP contribution in [0.1, 0.15) is 24.8 Å². The van der Waals surface area contributed by atoms with Crippen LogP contribution >= 0.6 is 11.8 Å². The smallest absolute Gasteiger partial charge is 0.0107 e. The number of hydrogen-bond donors (Lipinski definition) is 1. The van der Waals surface area contributed by atoms with Crippen LogP contribution in [0.25, 0.3) is 0 Å². The summed E-state index contributed by atoms with van der Waals surface area (Å²) in [4.78, 5) is 1.48. The Morgan fingerprint density at radius 2 is 2.07 bits per heavy atom. The molecule has 1 fully saturated rings. The van der Waals surface area contributed by atoms with Gasteiger partial charge < -0.3 is 5.73 Å². The molecule has 2 heteroatoms. The van der Waals surface area contributed by atoms with Crippen molar-refractivity contribution in [2.24, 2.45) is 5.73 Å². The molecule has 2 N–H and O–H groups in total. The Morgan fingerprint density at radius 1 is 1.29 bits per heavy atom. The van der Waals surface area contributed by atoms with E-state index in [-0.39, 0.29) is 0 Å². The molecular formula is C12H17NS. The van der Waals surface area contributed by atoms with Crippen molar-refractivity contribution in [2.45, 2.75) is 35.8 Å². The van der Waals surface area contributed by atoms with Crippen molar-refractivity contribution in [1.82, 2.24) is 0 Å². The Bertz CT molecular complexity index is 294. The lowest BCUT2D eigenvalue weighted by molar-refractivity contribution is 0.821. The quantitative estimate of drug-likeness (QED) is 0.803. The highest BCUT2D eigenvalue weighted by atomic mass is 32.2. The molecule has 0 unspecified atom stereocenters. The third-order valence-electron chi connectivity index (χ3n) is 2.44. The molecule has 0 saturated heterocycles. The van der Waals surface area contributed by atoms with Gasteiger partial charge in [0.05, 0.1) is 0 Å². The maximum Gasteiger partial charge on any atom is 0.0107 e. The molecule has 76 valence electrons. The minimum atomic E-state index is 0.794. The van der Waals surface area contributed by atoms with Crippen LogP contribution in [-0.4, -0.2) is 11.8 Å². The van der Waals surface area contributed by atoms with Crippen LogP contribution in [0.4, 0.5) is 0 Å². The second-order valence-corrected chi connectivity index (χ2v) is 5.16. The van der Waals surface area contributed by atoms with Gasteiger partial charge in [-0.15, -0.1) is 11.8 Å². The molecule has 1 aliphatic rings. The summed E-state index contributed by atoms with van der Waals surface area (Å²) in [6.07, 6.45) is 5.03. The van der Waals surface area contributed by atoms with Gasteiger partial charge in [-0.05, 0) is 43.9 Å². The Kier molecular flexibility index (Phi) is 3.49. The number of hydrogen-bond acceptors (Lipinski definition) is 2. The van der Waals surface area contributed by atoms with Crippen molar-refractivity contribution in [3.63, 3.8) is 0 Å². The lowest BCUT2D eigenvalue weighted by Crippen LogP contribution is -2.01. The van der Waals surface area contributed by atoms with Gasteiger partial charge in [0.15, 0.2) is 0 Å². The van der Waals surface area contributed by atoms with Gasteiger partial charge in [-0.3, -0.25) is 0 Å². The number of thioether (sulfide) groups is 1. The van der Waals surface area contributed by atoms with Crippen molar-refractivity contribution in [1.29, 1.82) is 0 Å². The van der Waals surface area contributed by atoms with Crippen molar-refractivity contribution < 1.29 is 0 Å². The average molecular weight is 207 g/mol. The van der Waals surface area contributed by atoms with Crippen LogP contribution < -0.4 is 5.73 Å². The Morgan fingerprint density at radius 3 is 2.79 bits per heavy atom. The predicted molar refractivity (Wildman–Crippen MR) is 62.7 cm³/mol. The maximum atomic E-state index is 5.53. The molecule has 0 heterocycles. The predicted octanol–water partition coefficient (Wildman–Crippen LogP) is 2.83. The highest BCUT2D eigenvalue weighted by molar-refractivity contribution is 8.00. The number of benzene rings is 1. The fourth-order valence-electron chi connectivity index (χ4n) is 1.48. The van der Waals surface area contributed by atoms with E-state index in [0.29, 0.717) is 0 Å². The molecular weight excluding hydrogens is 190 g/mol. The zero-order valence-electron chi connectivity index (χ0n) is 8.41. The van der Waals surface area contributed by atoms with E-state index in [4.69, 9.17) is 5.73 Å². The lowest BCUT2D eigenvalue weighted by Gasteiger charge is -2.07. The van der Waals surface area contributed by atoms with E-state index in [1.165, 1.54) is 23.3 Å². The first-order valence-corrected chi connectivity index (χ1v) is 6.23. The van der Waals surface area contributed by atoms with Crippen LogP contribution in [0.3, 0.4) is 0 Å². The van der Waals surface area contributed by atoms with Crippen molar-refractivity contribution in [3.05, 3.63) is 29.8 Å². The molecule has 0 atom stereocenters. The fourth-order valence-corrected chi connectivity index (χ4v) is 2.69. The molecule has 14 heavy (non-hydrogen) atoms. The van der Waals surface area contributed by atoms with E-state index in [1.807, 2.05) is 11.8 Å². The third-order valence-corrected chi connectivity index (χ3v) is 3.90. The van der Waals surface area contributed by atoms with E-state index in [0.717, 1.165) is 24.6 Å². The minimum Gasteiger partial charge on any atom is -0.330 e. The fraction of sp³-hybridized carbons (Fsp3) is 0.500. The van der Waals surface area contributed by atoms with Gasteiger partial charge >= 0.3 is 0 Å². The summed E-state index contributed by atoms with van der Waals surface area (Å²) in [6.45, 7) is 0.794. The van der Waals surface area contributed by atoms with Gasteiger partial charge in [-0.2, -0.15) is 0 Å². The molecule has 1 aromatic carbocycles. The molecule has 1 aromatic rings. The van der Waals surface area contributed by atoms with E-state index in [2.05, 4.69) is 24.3 Å². The number of rotatable bonds is 5. The zero-order chi connectivity index (χ0) is 9.80. The van der Waals surface area contributed by atoms with Crippen LogP contribution in [0.2, 0.25) is 0 Å². The topological polar surface area (TPSA) is 26.0 Å². The Hall–Kier alpha value is -0.470. The maximum absolute atomic E-state index is 5.53. The van der Waals surface area contributed by atoms with Gasteiger partial charge in [0.25, 0.3) is 0 Å². The average Bonchev–Trinajstić information content (AvgIpc) is 3.01. The monoisotopic (exact) mass is 207 g/mol. The van der Waals surface area contributed by atoms with Crippen LogP contribution in [0.5, 0.6) is 0 Å². The van der Waals surface area contributed by atoms with Crippen molar-refractivity contribution in [3.8, 4) is 0 Å². The van der Waals surface area contributed by atoms with Gasteiger partial charge in [-0.1, -0.05) is 18.2 Å². The molecule has 1 saturated carbocycles. The normalized spacial score (nSPS) is 15.8. The standard InChI is InChI=1S/C12H17NS/c13-9-3-5-10-4-1-2-6-12(10)14-11-7-8-11/h1-2,4,6,11H,3,5,7-9,13H2. The van der Waals surface area contributed by atoms with E-state index in [9.17, 15) is 0 Å². The SMILES string of the molecule is NCCCc1ccccc1SC1CC1. The van der Waals surface area contributed by atoms with Gasteiger partial charge in [0, 0.05) is 10.1 Å². The molecule has 0 radical (unpaired) electrons. The second kappa shape index (κ2) is 4.85. The first-order chi connectivity index (χ1) is 6.90. The van der Waals surface area contributed by atoms with E-state index >= 15 is 0 Å². The summed E-state index contributed by atoms with van der Waals surface area (Å²) < 4.78 is 0. The molecule has 1 nitrogen and oxygen atoms in total. The van der Waals surface area contributed by atoms with Crippen LogP contribution in [0.15, 0.2) is 29.2 Å². The highest BCUT2D eigenvalue weighted by Gasteiger charge is 2.23. The van der Waals surface area contributed by atoms with E-state index < -0.39 is 0 Å². The van der Waals surface area contributed by atoms with Gasteiger partial charge in [-0.25, -0.2) is 0 Å². The molecule has 0 amide bonds. The summed E-state index contributed by atoms with van der Waals surface area (Å²) in [5, 5.41) is 0.897. The van der Waals surface area contributed by atoms with Gasteiger partial charge in [0.1, 0.15) is 0 Å². The first-order valence-electron chi connectivity index (χ1n) is 5.35. The van der Waals surface area contributed by atoms with Crippen LogP contribution in [0, 0.1) is 0 Å². The zero-order valence-corrected chi connectivity index (χ0v) is 9.22.